The van der Waals surface area contributed by atoms with Crippen molar-refractivity contribution in [2.45, 2.75) is 38.5 Å². The molecule has 0 bridgehead atoms. The number of hydrogen-bond acceptors (Lipinski definition) is 5. The zero-order chi connectivity index (χ0) is 13.8. The standard InChI is InChI=1S/C12H20N2O4/c13-7-8-14(11(17)5-1-3-9-15)12(18)6-2-4-10-16/h9-10H,1-8,13H2. The van der Waals surface area contributed by atoms with E-state index in [1.165, 1.54) is 0 Å². The fourth-order valence-corrected chi connectivity index (χ4v) is 1.46. The fraction of sp³-hybridized carbons (Fsp3) is 0.667. The average Bonchev–Trinajstić information content (AvgIpc) is 2.36. The first-order valence-corrected chi connectivity index (χ1v) is 6.07. The van der Waals surface area contributed by atoms with Crippen LogP contribution < -0.4 is 5.73 Å². The van der Waals surface area contributed by atoms with Gasteiger partial charge in [0.15, 0.2) is 0 Å². The maximum absolute atomic E-state index is 11.7. The van der Waals surface area contributed by atoms with Crippen LogP contribution in [0.3, 0.4) is 0 Å². The lowest BCUT2D eigenvalue weighted by Gasteiger charge is -2.19. The molecule has 0 spiro atoms. The van der Waals surface area contributed by atoms with Crippen molar-refractivity contribution in [2.24, 2.45) is 5.73 Å². The van der Waals surface area contributed by atoms with Crippen molar-refractivity contribution in [3.05, 3.63) is 0 Å². The lowest BCUT2D eigenvalue weighted by molar-refractivity contribution is -0.144. The van der Waals surface area contributed by atoms with E-state index in [9.17, 15) is 19.2 Å². The minimum atomic E-state index is -0.307. The molecule has 0 aromatic carbocycles. The Morgan fingerprint density at radius 2 is 1.39 bits per heavy atom. The van der Waals surface area contributed by atoms with Gasteiger partial charge in [-0.3, -0.25) is 14.5 Å². The monoisotopic (exact) mass is 256 g/mol. The van der Waals surface area contributed by atoms with Crippen LogP contribution in [0.1, 0.15) is 38.5 Å². The van der Waals surface area contributed by atoms with Gasteiger partial charge in [-0.25, -0.2) is 0 Å². The van der Waals surface area contributed by atoms with Crippen molar-refractivity contribution in [1.82, 2.24) is 4.90 Å². The molecule has 0 aliphatic carbocycles. The van der Waals surface area contributed by atoms with Crippen LogP contribution in [0, 0.1) is 0 Å². The number of carbonyl (C=O) groups is 4. The van der Waals surface area contributed by atoms with Gasteiger partial charge in [-0.2, -0.15) is 0 Å². The molecule has 0 atom stereocenters. The van der Waals surface area contributed by atoms with Gasteiger partial charge in [0.25, 0.3) is 0 Å². The van der Waals surface area contributed by atoms with Crippen LogP contribution in [0.5, 0.6) is 0 Å². The lowest BCUT2D eigenvalue weighted by atomic mass is 10.2. The minimum Gasteiger partial charge on any atom is -0.329 e. The number of hydrogen-bond donors (Lipinski definition) is 1. The summed E-state index contributed by atoms with van der Waals surface area (Å²) in [6.07, 6.45) is 3.30. The van der Waals surface area contributed by atoms with Gasteiger partial charge in [-0.1, -0.05) is 0 Å². The van der Waals surface area contributed by atoms with Crippen LogP contribution in [0.2, 0.25) is 0 Å². The number of unbranched alkanes of at least 4 members (excludes halogenated alkanes) is 2. The van der Waals surface area contributed by atoms with Gasteiger partial charge in [-0.15, -0.1) is 0 Å². The molecule has 102 valence electrons. The summed E-state index contributed by atoms with van der Waals surface area (Å²) in [5.41, 5.74) is 5.36. The highest BCUT2D eigenvalue weighted by atomic mass is 16.2. The molecule has 18 heavy (non-hydrogen) atoms. The molecule has 0 radical (unpaired) electrons. The molecule has 2 N–H and O–H groups in total. The topological polar surface area (TPSA) is 97.5 Å². The van der Waals surface area contributed by atoms with Gasteiger partial charge < -0.3 is 15.3 Å². The third-order valence-corrected chi connectivity index (χ3v) is 2.38. The molecule has 0 heterocycles. The Kier molecular flexibility index (Phi) is 9.67. The first-order chi connectivity index (χ1) is 8.67. The summed E-state index contributed by atoms with van der Waals surface area (Å²) in [6.45, 7) is 0.388. The van der Waals surface area contributed by atoms with Crippen LogP contribution in [0.25, 0.3) is 0 Å². The van der Waals surface area contributed by atoms with E-state index in [1.54, 1.807) is 0 Å². The van der Waals surface area contributed by atoms with Gasteiger partial charge >= 0.3 is 0 Å². The third kappa shape index (κ3) is 6.90. The Bertz CT molecular complexity index is 266. The Labute approximate surface area is 106 Å². The molecule has 0 saturated heterocycles. The molecular formula is C12H20N2O4. The minimum absolute atomic E-state index is 0.165. The van der Waals surface area contributed by atoms with Crippen LogP contribution in [0.4, 0.5) is 0 Å². The number of aldehydes is 2. The van der Waals surface area contributed by atoms with E-state index >= 15 is 0 Å². The Morgan fingerprint density at radius 1 is 0.944 bits per heavy atom. The highest BCUT2D eigenvalue weighted by Gasteiger charge is 2.19. The second kappa shape index (κ2) is 10.6. The SMILES string of the molecule is NCCN(C(=O)CCCC=O)C(=O)CCCC=O. The smallest absolute Gasteiger partial charge is 0.229 e. The number of carbonyl (C=O) groups excluding carboxylic acids is 4. The number of imide groups is 1. The van der Waals surface area contributed by atoms with Crippen molar-refractivity contribution in [3.63, 3.8) is 0 Å². The van der Waals surface area contributed by atoms with E-state index in [1.807, 2.05) is 0 Å². The van der Waals surface area contributed by atoms with Gasteiger partial charge in [-0.05, 0) is 12.8 Å². The largest absolute Gasteiger partial charge is 0.329 e. The average molecular weight is 256 g/mol. The normalized spacial score (nSPS) is 9.83. The van der Waals surface area contributed by atoms with Crippen LogP contribution in [-0.2, 0) is 19.2 Å². The molecule has 0 aliphatic rings. The van der Waals surface area contributed by atoms with Gasteiger partial charge in [0, 0.05) is 38.8 Å². The summed E-state index contributed by atoms with van der Waals surface area (Å²) < 4.78 is 0. The zero-order valence-corrected chi connectivity index (χ0v) is 10.5. The molecule has 6 heteroatoms. The predicted octanol–water partition coefficient (Wildman–Crippen LogP) is 0.0387. The molecule has 0 unspecified atom stereocenters. The summed E-state index contributed by atoms with van der Waals surface area (Å²) >= 11 is 0. The maximum atomic E-state index is 11.7. The Balaban J connectivity index is 4.24. The van der Waals surface area contributed by atoms with Gasteiger partial charge in [0.2, 0.25) is 11.8 Å². The van der Waals surface area contributed by atoms with Gasteiger partial charge in [0.1, 0.15) is 12.6 Å². The zero-order valence-electron chi connectivity index (χ0n) is 10.5. The number of nitrogens with zero attached hydrogens (tertiary/aromatic N) is 1. The highest BCUT2D eigenvalue weighted by molar-refractivity contribution is 5.95. The van der Waals surface area contributed by atoms with E-state index in [-0.39, 0.29) is 37.7 Å². The molecule has 6 nitrogen and oxygen atoms in total. The van der Waals surface area contributed by atoms with E-state index in [0.29, 0.717) is 25.7 Å². The van der Waals surface area contributed by atoms with E-state index in [0.717, 1.165) is 17.5 Å². The molecule has 2 amide bonds. The molecule has 0 saturated carbocycles. The summed E-state index contributed by atoms with van der Waals surface area (Å²) in [4.78, 5) is 44.9. The molecule has 0 rings (SSSR count). The third-order valence-electron chi connectivity index (χ3n) is 2.38. The maximum Gasteiger partial charge on any atom is 0.229 e. The van der Waals surface area contributed by atoms with Crippen molar-refractivity contribution in [3.8, 4) is 0 Å². The number of rotatable bonds is 10. The van der Waals surface area contributed by atoms with E-state index in [4.69, 9.17) is 5.73 Å². The van der Waals surface area contributed by atoms with Crippen molar-refractivity contribution >= 4 is 24.4 Å². The lowest BCUT2D eigenvalue weighted by Crippen LogP contribution is -2.40. The molecular weight excluding hydrogens is 236 g/mol. The molecule has 0 aromatic heterocycles. The van der Waals surface area contributed by atoms with E-state index < -0.39 is 0 Å². The second-order valence-corrected chi connectivity index (χ2v) is 3.85. The van der Waals surface area contributed by atoms with Crippen LogP contribution in [0.15, 0.2) is 0 Å². The Morgan fingerprint density at radius 3 is 1.72 bits per heavy atom. The van der Waals surface area contributed by atoms with Crippen LogP contribution >= 0.6 is 0 Å². The van der Waals surface area contributed by atoms with Gasteiger partial charge in [0.05, 0.1) is 0 Å². The first kappa shape index (κ1) is 16.4. The van der Waals surface area contributed by atoms with E-state index in [2.05, 4.69) is 0 Å². The first-order valence-electron chi connectivity index (χ1n) is 6.07. The molecule has 0 aliphatic heterocycles. The van der Waals surface area contributed by atoms with Crippen LogP contribution in [-0.4, -0.2) is 42.4 Å². The number of nitrogens with two attached hydrogens (primary N) is 1. The molecule has 0 fully saturated rings. The van der Waals surface area contributed by atoms with Crippen molar-refractivity contribution < 1.29 is 19.2 Å². The highest BCUT2D eigenvalue weighted by Crippen LogP contribution is 2.05. The van der Waals surface area contributed by atoms with Crippen molar-refractivity contribution in [2.75, 3.05) is 13.1 Å². The quantitative estimate of drug-likeness (QED) is 0.439. The summed E-state index contributed by atoms with van der Waals surface area (Å²) in [5.74, 6) is -0.614. The predicted molar refractivity (Wildman–Crippen MR) is 65.6 cm³/mol. The molecule has 0 aromatic rings. The summed E-state index contributed by atoms with van der Waals surface area (Å²) in [6, 6.07) is 0. The summed E-state index contributed by atoms with van der Waals surface area (Å²) in [7, 11) is 0. The number of amides is 2. The summed E-state index contributed by atoms with van der Waals surface area (Å²) in [5, 5.41) is 0. The second-order valence-electron chi connectivity index (χ2n) is 3.85. The Hall–Kier alpha value is -1.56. The fourth-order valence-electron chi connectivity index (χ4n) is 1.46. The van der Waals surface area contributed by atoms with Crippen molar-refractivity contribution in [1.29, 1.82) is 0 Å².